The van der Waals surface area contributed by atoms with Crippen LogP contribution in [0.15, 0.2) is 12.4 Å². The molecule has 1 heterocycles. The molecule has 0 atom stereocenters. The Balaban J connectivity index is 2.82. The van der Waals surface area contributed by atoms with E-state index < -0.39 is 0 Å². The standard InChI is InChI=1S/C13H22N4S/c1-4-11-7-13(16-9-15-11)17(8-10(2)3)6-5-12(14)18/h7,9-10H,4-6,8H2,1-3H3,(H2,14,18). The van der Waals surface area contributed by atoms with Gasteiger partial charge in [-0.15, -0.1) is 0 Å². The molecular formula is C13H22N4S. The van der Waals surface area contributed by atoms with E-state index in [1.807, 2.05) is 6.07 Å². The molecule has 0 saturated carbocycles. The minimum atomic E-state index is 0.550. The molecule has 0 saturated heterocycles. The minimum Gasteiger partial charge on any atom is -0.393 e. The zero-order valence-corrected chi connectivity index (χ0v) is 12.2. The van der Waals surface area contributed by atoms with Gasteiger partial charge in [-0.1, -0.05) is 33.0 Å². The molecule has 0 unspecified atom stereocenters. The highest BCUT2D eigenvalue weighted by Crippen LogP contribution is 2.14. The fraction of sp³-hybridized carbons (Fsp3) is 0.615. The third-order valence-corrected chi connectivity index (χ3v) is 2.81. The van der Waals surface area contributed by atoms with Crippen LogP contribution in [0, 0.1) is 5.92 Å². The quantitative estimate of drug-likeness (QED) is 0.767. The van der Waals surface area contributed by atoms with Gasteiger partial charge in [0.2, 0.25) is 0 Å². The van der Waals surface area contributed by atoms with Crippen LogP contribution in [0.25, 0.3) is 0 Å². The number of aryl methyl sites for hydroxylation is 1. The lowest BCUT2D eigenvalue weighted by atomic mass is 10.2. The molecule has 0 aliphatic carbocycles. The molecule has 0 amide bonds. The van der Waals surface area contributed by atoms with Crippen LogP contribution in [0.1, 0.15) is 32.9 Å². The van der Waals surface area contributed by atoms with Crippen molar-refractivity contribution >= 4 is 23.0 Å². The second-order valence-electron chi connectivity index (χ2n) is 4.78. The van der Waals surface area contributed by atoms with E-state index in [9.17, 15) is 0 Å². The van der Waals surface area contributed by atoms with E-state index in [1.165, 1.54) is 0 Å². The first kappa shape index (κ1) is 14.8. The maximum Gasteiger partial charge on any atom is 0.132 e. The van der Waals surface area contributed by atoms with Crippen LogP contribution in [0.3, 0.4) is 0 Å². The molecule has 4 nitrogen and oxygen atoms in total. The van der Waals surface area contributed by atoms with Gasteiger partial charge < -0.3 is 10.6 Å². The van der Waals surface area contributed by atoms with Gasteiger partial charge in [-0.3, -0.25) is 0 Å². The summed E-state index contributed by atoms with van der Waals surface area (Å²) in [4.78, 5) is 11.4. The topological polar surface area (TPSA) is 55.0 Å². The molecular weight excluding hydrogens is 244 g/mol. The van der Waals surface area contributed by atoms with E-state index in [0.717, 1.165) is 31.0 Å². The van der Waals surface area contributed by atoms with E-state index in [-0.39, 0.29) is 0 Å². The van der Waals surface area contributed by atoms with Crippen molar-refractivity contribution in [3.63, 3.8) is 0 Å². The Morgan fingerprint density at radius 2 is 2.17 bits per heavy atom. The van der Waals surface area contributed by atoms with Crippen LogP contribution in [0.4, 0.5) is 5.82 Å². The summed E-state index contributed by atoms with van der Waals surface area (Å²) in [5, 5.41) is 0. The first-order valence-electron chi connectivity index (χ1n) is 6.37. The normalized spacial score (nSPS) is 10.7. The number of hydrogen-bond donors (Lipinski definition) is 1. The number of nitrogens with two attached hydrogens (primary N) is 1. The summed E-state index contributed by atoms with van der Waals surface area (Å²) in [5.74, 6) is 1.53. The fourth-order valence-electron chi connectivity index (χ4n) is 1.74. The van der Waals surface area contributed by atoms with Gasteiger partial charge in [-0.2, -0.15) is 0 Å². The molecule has 0 aliphatic rings. The average Bonchev–Trinajstić information content (AvgIpc) is 2.34. The molecule has 5 heteroatoms. The second-order valence-corrected chi connectivity index (χ2v) is 5.30. The zero-order chi connectivity index (χ0) is 13.5. The third kappa shape index (κ3) is 4.96. The maximum absolute atomic E-state index is 5.58. The van der Waals surface area contributed by atoms with E-state index >= 15 is 0 Å². The summed E-state index contributed by atoms with van der Waals surface area (Å²) in [6, 6.07) is 2.04. The number of aromatic nitrogens is 2. The van der Waals surface area contributed by atoms with Gasteiger partial charge in [0.25, 0.3) is 0 Å². The summed E-state index contributed by atoms with van der Waals surface area (Å²) >= 11 is 4.94. The van der Waals surface area contributed by atoms with E-state index in [0.29, 0.717) is 17.3 Å². The third-order valence-electron chi connectivity index (χ3n) is 2.61. The Hall–Kier alpha value is -1.23. The molecule has 1 aromatic rings. The molecule has 100 valence electrons. The van der Waals surface area contributed by atoms with Crippen LogP contribution in [-0.2, 0) is 6.42 Å². The van der Waals surface area contributed by atoms with Gasteiger partial charge in [0.05, 0.1) is 4.99 Å². The molecule has 1 aromatic heterocycles. The van der Waals surface area contributed by atoms with Crippen molar-refractivity contribution in [3.05, 3.63) is 18.1 Å². The SMILES string of the molecule is CCc1cc(N(CCC(N)=S)CC(C)C)ncn1. The zero-order valence-electron chi connectivity index (χ0n) is 11.4. The van der Waals surface area contributed by atoms with Gasteiger partial charge in [-0.25, -0.2) is 9.97 Å². The van der Waals surface area contributed by atoms with Crippen LogP contribution in [-0.4, -0.2) is 28.0 Å². The Morgan fingerprint density at radius 1 is 1.44 bits per heavy atom. The van der Waals surface area contributed by atoms with E-state index in [2.05, 4.69) is 35.6 Å². The maximum atomic E-state index is 5.58. The van der Waals surface area contributed by atoms with Gasteiger partial charge in [0.1, 0.15) is 12.1 Å². The molecule has 0 bridgehead atoms. The summed E-state index contributed by atoms with van der Waals surface area (Å²) in [6.45, 7) is 8.23. The van der Waals surface area contributed by atoms with Crippen molar-refractivity contribution in [1.29, 1.82) is 0 Å². The van der Waals surface area contributed by atoms with Crippen molar-refractivity contribution in [2.75, 3.05) is 18.0 Å². The van der Waals surface area contributed by atoms with Crippen molar-refractivity contribution in [1.82, 2.24) is 9.97 Å². The van der Waals surface area contributed by atoms with Gasteiger partial charge in [-0.05, 0) is 12.3 Å². The highest BCUT2D eigenvalue weighted by Gasteiger charge is 2.11. The summed E-state index contributed by atoms with van der Waals surface area (Å²) in [6.07, 6.45) is 3.26. The molecule has 2 N–H and O–H groups in total. The first-order valence-corrected chi connectivity index (χ1v) is 6.78. The highest BCUT2D eigenvalue weighted by molar-refractivity contribution is 7.80. The van der Waals surface area contributed by atoms with Crippen molar-refractivity contribution in [3.8, 4) is 0 Å². The van der Waals surface area contributed by atoms with Crippen molar-refractivity contribution in [2.24, 2.45) is 11.7 Å². The number of rotatable bonds is 7. The number of nitrogens with zero attached hydrogens (tertiary/aromatic N) is 3. The summed E-state index contributed by atoms with van der Waals surface area (Å²) in [5.41, 5.74) is 6.64. The Morgan fingerprint density at radius 3 is 2.72 bits per heavy atom. The van der Waals surface area contributed by atoms with Crippen LogP contribution >= 0.6 is 12.2 Å². The number of anilines is 1. The van der Waals surface area contributed by atoms with Gasteiger partial charge in [0, 0.05) is 31.3 Å². The van der Waals surface area contributed by atoms with E-state index in [1.54, 1.807) is 6.33 Å². The Bertz CT molecular complexity index is 392. The largest absolute Gasteiger partial charge is 0.393 e. The molecule has 0 spiro atoms. The predicted molar refractivity (Wildman–Crippen MR) is 79.9 cm³/mol. The lowest BCUT2D eigenvalue weighted by molar-refractivity contribution is 0.608. The molecule has 18 heavy (non-hydrogen) atoms. The van der Waals surface area contributed by atoms with Gasteiger partial charge >= 0.3 is 0 Å². The Kier molecular flexibility index (Phi) is 5.98. The minimum absolute atomic E-state index is 0.550. The monoisotopic (exact) mass is 266 g/mol. The van der Waals surface area contributed by atoms with Crippen molar-refractivity contribution < 1.29 is 0 Å². The number of thiocarbonyl (C=S) groups is 1. The molecule has 0 aliphatic heterocycles. The van der Waals surface area contributed by atoms with Gasteiger partial charge in [0.15, 0.2) is 0 Å². The molecule has 0 aromatic carbocycles. The molecule has 0 fully saturated rings. The number of hydrogen-bond acceptors (Lipinski definition) is 4. The second kappa shape index (κ2) is 7.26. The van der Waals surface area contributed by atoms with Crippen LogP contribution < -0.4 is 10.6 Å². The summed E-state index contributed by atoms with van der Waals surface area (Å²) in [7, 11) is 0. The van der Waals surface area contributed by atoms with E-state index in [4.69, 9.17) is 18.0 Å². The highest BCUT2D eigenvalue weighted by atomic mass is 32.1. The van der Waals surface area contributed by atoms with Crippen molar-refractivity contribution in [2.45, 2.75) is 33.6 Å². The first-order chi connectivity index (χ1) is 8.52. The predicted octanol–water partition coefficient (Wildman–Crippen LogP) is 2.18. The van der Waals surface area contributed by atoms with Crippen LogP contribution in [0.5, 0.6) is 0 Å². The lowest BCUT2D eigenvalue weighted by Gasteiger charge is -2.25. The average molecular weight is 266 g/mol. The lowest BCUT2D eigenvalue weighted by Crippen LogP contribution is -2.31. The fourth-order valence-corrected chi connectivity index (χ4v) is 1.83. The summed E-state index contributed by atoms with van der Waals surface area (Å²) < 4.78 is 0. The Labute approximate surface area is 115 Å². The van der Waals surface area contributed by atoms with Crippen LogP contribution in [0.2, 0.25) is 0 Å². The molecule has 1 rings (SSSR count). The smallest absolute Gasteiger partial charge is 0.132 e. The molecule has 0 radical (unpaired) electrons.